The second-order valence-corrected chi connectivity index (χ2v) is 8.52. The Morgan fingerprint density at radius 3 is 2.43 bits per heavy atom. The molecule has 1 unspecified atom stereocenters. The molecule has 0 bridgehead atoms. The number of hydrogen-bond acceptors (Lipinski definition) is 5. The van der Waals surface area contributed by atoms with Gasteiger partial charge < -0.3 is 14.8 Å². The number of rotatable bonds is 5. The number of methoxy groups -OCH3 is 2. The van der Waals surface area contributed by atoms with E-state index in [0.29, 0.717) is 36.7 Å². The lowest BCUT2D eigenvalue weighted by atomic mass is 10.0. The van der Waals surface area contributed by atoms with E-state index >= 15 is 0 Å². The fourth-order valence-electron chi connectivity index (χ4n) is 3.69. The van der Waals surface area contributed by atoms with Crippen LogP contribution in [0.2, 0.25) is 0 Å². The number of hydrogen-bond donors (Lipinski definition) is 1. The van der Waals surface area contributed by atoms with Crippen molar-refractivity contribution >= 4 is 22.4 Å². The van der Waals surface area contributed by atoms with Crippen LogP contribution >= 0.6 is 12.4 Å². The molecule has 1 saturated heterocycles. The van der Waals surface area contributed by atoms with Crippen LogP contribution in [0.4, 0.5) is 0 Å². The zero-order chi connectivity index (χ0) is 19.6. The van der Waals surface area contributed by atoms with Crippen LogP contribution in [-0.2, 0) is 10.0 Å². The van der Waals surface area contributed by atoms with E-state index < -0.39 is 10.0 Å². The molecular weight excluding hydrogens is 400 g/mol. The lowest BCUT2D eigenvalue weighted by molar-refractivity contribution is 0.263. The first kappa shape index (κ1) is 22.5. The number of piperazine rings is 1. The molecule has 0 radical (unpaired) electrons. The third kappa shape index (κ3) is 4.12. The molecule has 1 aliphatic heterocycles. The molecule has 1 fully saturated rings. The Kier molecular flexibility index (Phi) is 7.33. The highest BCUT2D eigenvalue weighted by molar-refractivity contribution is 7.89. The van der Waals surface area contributed by atoms with Gasteiger partial charge in [0.05, 0.1) is 20.3 Å². The van der Waals surface area contributed by atoms with E-state index in [1.807, 2.05) is 44.2 Å². The Morgan fingerprint density at radius 2 is 1.75 bits per heavy atom. The molecule has 0 spiro atoms. The maximum absolute atomic E-state index is 13.7. The summed E-state index contributed by atoms with van der Waals surface area (Å²) in [4.78, 5) is 0.234. The highest BCUT2D eigenvalue weighted by atomic mass is 35.5. The largest absolute Gasteiger partial charge is 0.496 e. The maximum atomic E-state index is 13.7. The van der Waals surface area contributed by atoms with Gasteiger partial charge in [0, 0.05) is 25.2 Å². The molecule has 28 heavy (non-hydrogen) atoms. The first-order chi connectivity index (χ1) is 12.9. The van der Waals surface area contributed by atoms with Crippen molar-refractivity contribution in [2.75, 3.05) is 33.9 Å². The zero-order valence-electron chi connectivity index (χ0n) is 16.6. The molecule has 0 amide bonds. The second kappa shape index (κ2) is 9.13. The van der Waals surface area contributed by atoms with E-state index in [0.717, 1.165) is 11.1 Å². The monoisotopic (exact) mass is 426 g/mol. The average Bonchev–Trinajstić information content (AvgIpc) is 2.66. The van der Waals surface area contributed by atoms with Crippen LogP contribution in [0.25, 0.3) is 0 Å². The minimum atomic E-state index is -3.76. The van der Waals surface area contributed by atoms with Gasteiger partial charge in [-0.2, -0.15) is 4.31 Å². The quantitative estimate of drug-likeness (QED) is 0.795. The van der Waals surface area contributed by atoms with Crippen LogP contribution < -0.4 is 14.8 Å². The van der Waals surface area contributed by atoms with Crippen LogP contribution in [0.1, 0.15) is 22.7 Å². The van der Waals surface area contributed by atoms with Crippen molar-refractivity contribution in [2.24, 2.45) is 0 Å². The van der Waals surface area contributed by atoms with E-state index in [2.05, 4.69) is 5.32 Å². The van der Waals surface area contributed by atoms with Crippen molar-refractivity contribution < 1.29 is 17.9 Å². The molecule has 1 atom stereocenters. The summed E-state index contributed by atoms with van der Waals surface area (Å²) in [5.74, 6) is 1.06. The molecule has 2 aromatic rings. The molecule has 1 N–H and O–H groups in total. The Labute approximate surface area is 173 Å². The van der Waals surface area contributed by atoms with E-state index in [9.17, 15) is 8.42 Å². The third-order valence-electron chi connectivity index (χ3n) is 4.86. The SMILES string of the molecule is COc1ccccc1C1CNCCN1S(=O)(=O)c1c(C)cc(C)cc1OC.Cl. The van der Waals surface area contributed by atoms with Crippen molar-refractivity contribution in [2.45, 2.75) is 24.8 Å². The zero-order valence-corrected chi connectivity index (χ0v) is 18.2. The lowest BCUT2D eigenvalue weighted by Crippen LogP contribution is -2.48. The topological polar surface area (TPSA) is 67.9 Å². The Bertz CT molecular complexity index is 934. The Balaban J connectivity index is 0.00000280. The number of nitrogens with zero attached hydrogens (tertiary/aromatic N) is 1. The molecule has 3 rings (SSSR count). The minimum Gasteiger partial charge on any atom is -0.496 e. The summed E-state index contributed by atoms with van der Waals surface area (Å²) in [5, 5.41) is 3.30. The highest BCUT2D eigenvalue weighted by Crippen LogP contribution is 2.38. The highest BCUT2D eigenvalue weighted by Gasteiger charge is 2.38. The smallest absolute Gasteiger partial charge is 0.247 e. The lowest BCUT2D eigenvalue weighted by Gasteiger charge is -2.36. The van der Waals surface area contributed by atoms with Gasteiger partial charge in [0.2, 0.25) is 10.0 Å². The van der Waals surface area contributed by atoms with E-state index in [1.165, 1.54) is 7.11 Å². The maximum Gasteiger partial charge on any atom is 0.247 e. The van der Waals surface area contributed by atoms with E-state index in [-0.39, 0.29) is 23.3 Å². The Morgan fingerprint density at radius 1 is 1.07 bits per heavy atom. The molecule has 6 nitrogen and oxygen atoms in total. The standard InChI is InChI=1S/C20H26N2O4S.ClH/c1-14-11-15(2)20(19(12-14)26-4)27(23,24)22-10-9-21-13-17(22)16-7-5-6-8-18(16)25-3;/h5-8,11-12,17,21H,9-10,13H2,1-4H3;1H. The van der Waals surface area contributed by atoms with Crippen LogP contribution in [0.15, 0.2) is 41.3 Å². The summed E-state index contributed by atoms with van der Waals surface area (Å²) in [6.45, 7) is 5.23. The van der Waals surface area contributed by atoms with Crippen molar-refractivity contribution in [1.82, 2.24) is 9.62 Å². The summed E-state index contributed by atoms with van der Waals surface area (Å²) in [7, 11) is -0.661. The molecule has 154 valence electrons. The van der Waals surface area contributed by atoms with Gasteiger partial charge in [-0.3, -0.25) is 0 Å². The molecule has 0 aliphatic carbocycles. The normalized spacial score (nSPS) is 17.6. The number of nitrogens with one attached hydrogen (secondary N) is 1. The summed E-state index contributed by atoms with van der Waals surface area (Å²) in [5.41, 5.74) is 2.49. The van der Waals surface area contributed by atoms with E-state index in [1.54, 1.807) is 17.5 Å². The molecule has 2 aromatic carbocycles. The van der Waals surface area contributed by atoms with Crippen molar-refractivity contribution in [3.8, 4) is 11.5 Å². The van der Waals surface area contributed by atoms with Crippen molar-refractivity contribution in [3.05, 3.63) is 53.1 Å². The number of sulfonamides is 1. The van der Waals surface area contributed by atoms with Crippen LogP contribution in [0.3, 0.4) is 0 Å². The summed E-state index contributed by atoms with van der Waals surface area (Å²) in [6.07, 6.45) is 0. The van der Waals surface area contributed by atoms with Crippen LogP contribution in [0.5, 0.6) is 11.5 Å². The number of ether oxygens (including phenoxy) is 2. The predicted molar refractivity (Wildman–Crippen MR) is 112 cm³/mol. The third-order valence-corrected chi connectivity index (χ3v) is 6.96. The minimum absolute atomic E-state index is 0. The van der Waals surface area contributed by atoms with Gasteiger partial charge in [0.15, 0.2) is 0 Å². The van der Waals surface area contributed by atoms with Crippen LogP contribution in [0, 0.1) is 13.8 Å². The first-order valence-corrected chi connectivity index (χ1v) is 10.3. The second-order valence-electron chi connectivity index (χ2n) is 6.69. The fourth-order valence-corrected chi connectivity index (χ4v) is 5.65. The van der Waals surface area contributed by atoms with E-state index in [4.69, 9.17) is 9.47 Å². The molecule has 1 heterocycles. The van der Waals surface area contributed by atoms with Crippen LogP contribution in [-0.4, -0.2) is 46.6 Å². The molecule has 0 aromatic heterocycles. The van der Waals surface area contributed by atoms with Crippen molar-refractivity contribution in [1.29, 1.82) is 0 Å². The molecular formula is C20H27ClN2O4S. The fraction of sp³-hybridized carbons (Fsp3) is 0.400. The number of benzene rings is 2. The van der Waals surface area contributed by atoms with Gasteiger partial charge in [0.25, 0.3) is 0 Å². The molecule has 1 aliphatic rings. The summed E-state index contributed by atoms with van der Waals surface area (Å²) in [6, 6.07) is 10.8. The first-order valence-electron chi connectivity index (χ1n) is 8.91. The number of para-hydroxylation sites is 1. The molecule has 8 heteroatoms. The summed E-state index contributed by atoms with van der Waals surface area (Å²) < 4.78 is 39.8. The van der Waals surface area contributed by atoms with Crippen molar-refractivity contribution in [3.63, 3.8) is 0 Å². The van der Waals surface area contributed by atoms with Gasteiger partial charge in [-0.25, -0.2) is 8.42 Å². The van der Waals surface area contributed by atoms with Gasteiger partial charge in [-0.1, -0.05) is 24.3 Å². The predicted octanol–water partition coefficient (Wildman–Crippen LogP) is 3.08. The Hall–Kier alpha value is -1.80. The van der Waals surface area contributed by atoms with Gasteiger partial charge in [-0.15, -0.1) is 12.4 Å². The average molecular weight is 427 g/mol. The van der Waals surface area contributed by atoms with Gasteiger partial charge >= 0.3 is 0 Å². The van der Waals surface area contributed by atoms with Gasteiger partial charge in [0.1, 0.15) is 16.4 Å². The number of halogens is 1. The summed E-state index contributed by atoms with van der Waals surface area (Å²) >= 11 is 0. The number of aryl methyl sites for hydroxylation is 2. The van der Waals surface area contributed by atoms with Gasteiger partial charge in [-0.05, 0) is 37.1 Å². The molecule has 0 saturated carbocycles.